The van der Waals surface area contributed by atoms with Crippen LogP contribution in [0, 0.1) is 39.7 Å². The predicted molar refractivity (Wildman–Crippen MR) is 98.2 cm³/mol. The number of nitrogens with zero attached hydrogens (tertiary/aromatic N) is 1. The SMILES string of the molecule is O=C(COC(=O)C1C2CC3CC(C2)CC1C3)Nc1ccc(Cl)c([N+](=O)[O-])c1. The first kappa shape index (κ1) is 18.2. The third-order valence-electron chi connectivity index (χ3n) is 6.27. The van der Waals surface area contributed by atoms with Gasteiger partial charge in [-0.2, -0.15) is 0 Å². The van der Waals surface area contributed by atoms with E-state index in [4.69, 9.17) is 16.3 Å². The monoisotopic (exact) mass is 392 g/mol. The first-order valence-electron chi connectivity index (χ1n) is 9.31. The molecule has 27 heavy (non-hydrogen) atoms. The molecule has 0 unspecified atom stereocenters. The van der Waals surface area contributed by atoms with E-state index in [1.807, 2.05) is 0 Å². The first-order chi connectivity index (χ1) is 12.9. The Morgan fingerprint density at radius 1 is 1.15 bits per heavy atom. The summed E-state index contributed by atoms with van der Waals surface area (Å²) in [5.41, 5.74) is -0.0539. The molecule has 0 aromatic heterocycles. The fourth-order valence-electron chi connectivity index (χ4n) is 5.47. The molecule has 1 N–H and O–H groups in total. The lowest BCUT2D eigenvalue weighted by Crippen LogP contribution is -2.48. The molecule has 1 amide bonds. The van der Waals surface area contributed by atoms with Crippen molar-refractivity contribution >= 4 is 34.9 Å². The number of carbonyl (C=O) groups is 2. The Morgan fingerprint density at radius 3 is 2.37 bits per heavy atom. The van der Waals surface area contributed by atoms with Crippen molar-refractivity contribution in [1.82, 2.24) is 0 Å². The molecule has 8 heteroatoms. The summed E-state index contributed by atoms with van der Waals surface area (Å²) in [5.74, 6) is 1.44. The van der Waals surface area contributed by atoms with Crippen LogP contribution in [0.4, 0.5) is 11.4 Å². The molecule has 4 bridgehead atoms. The second-order valence-electron chi connectivity index (χ2n) is 8.04. The van der Waals surface area contributed by atoms with Gasteiger partial charge in [0.2, 0.25) is 0 Å². The van der Waals surface area contributed by atoms with Gasteiger partial charge in [-0.25, -0.2) is 0 Å². The van der Waals surface area contributed by atoms with E-state index in [0.29, 0.717) is 11.8 Å². The number of hydrogen-bond donors (Lipinski definition) is 1. The minimum Gasteiger partial charge on any atom is -0.455 e. The van der Waals surface area contributed by atoms with Crippen molar-refractivity contribution in [2.75, 3.05) is 11.9 Å². The minimum atomic E-state index is -0.621. The maximum absolute atomic E-state index is 12.6. The molecule has 0 atom stereocenters. The Kier molecular flexibility index (Phi) is 4.80. The topological polar surface area (TPSA) is 98.5 Å². The molecule has 4 aliphatic rings. The van der Waals surface area contributed by atoms with E-state index < -0.39 is 17.4 Å². The second-order valence-corrected chi connectivity index (χ2v) is 8.44. The van der Waals surface area contributed by atoms with Crippen LogP contribution in [0.5, 0.6) is 0 Å². The van der Waals surface area contributed by atoms with Gasteiger partial charge >= 0.3 is 5.97 Å². The Morgan fingerprint density at radius 2 is 1.78 bits per heavy atom. The average Bonchev–Trinajstić information content (AvgIpc) is 2.60. The fraction of sp³-hybridized carbons (Fsp3) is 0.579. The Hall–Kier alpha value is -2.15. The van der Waals surface area contributed by atoms with Crippen LogP contribution in [0.25, 0.3) is 0 Å². The van der Waals surface area contributed by atoms with E-state index in [9.17, 15) is 19.7 Å². The van der Waals surface area contributed by atoms with Crippen LogP contribution in [0.15, 0.2) is 18.2 Å². The van der Waals surface area contributed by atoms with Crippen LogP contribution in [-0.2, 0) is 14.3 Å². The van der Waals surface area contributed by atoms with Crippen molar-refractivity contribution in [2.45, 2.75) is 32.1 Å². The highest BCUT2D eigenvalue weighted by atomic mass is 35.5. The summed E-state index contributed by atoms with van der Waals surface area (Å²) in [5, 5.41) is 13.4. The number of nitro groups is 1. The number of anilines is 1. The highest BCUT2D eigenvalue weighted by molar-refractivity contribution is 6.32. The van der Waals surface area contributed by atoms with Crippen LogP contribution >= 0.6 is 11.6 Å². The summed E-state index contributed by atoms with van der Waals surface area (Å²) in [6.07, 6.45) is 5.73. The third kappa shape index (κ3) is 3.65. The lowest BCUT2D eigenvalue weighted by molar-refractivity contribution is -0.384. The Balaban J connectivity index is 1.32. The van der Waals surface area contributed by atoms with Gasteiger partial charge in [0.05, 0.1) is 10.8 Å². The van der Waals surface area contributed by atoms with Crippen molar-refractivity contribution < 1.29 is 19.2 Å². The lowest BCUT2D eigenvalue weighted by atomic mass is 9.52. The van der Waals surface area contributed by atoms with E-state index in [1.165, 1.54) is 24.6 Å². The summed E-state index contributed by atoms with van der Waals surface area (Å²) in [6.45, 7) is -0.391. The molecule has 1 aromatic rings. The molecule has 0 spiro atoms. The smallest absolute Gasteiger partial charge is 0.310 e. The fourth-order valence-corrected chi connectivity index (χ4v) is 5.66. The van der Waals surface area contributed by atoms with Gasteiger partial charge in [0.1, 0.15) is 5.02 Å². The summed E-state index contributed by atoms with van der Waals surface area (Å²) in [6, 6.07) is 3.99. The predicted octanol–water partition coefficient (Wildman–Crippen LogP) is 3.80. The molecule has 0 heterocycles. The number of benzene rings is 1. The molecule has 4 aliphatic carbocycles. The number of hydrogen-bond acceptors (Lipinski definition) is 5. The molecular weight excluding hydrogens is 372 g/mol. The van der Waals surface area contributed by atoms with Crippen molar-refractivity contribution in [3.8, 4) is 0 Å². The largest absolute Gasteiger partial charge is 0.455 e. The van der Waals surface area contributed by atoms with Gasteiger partial charge in [0.25, 0.3) is 11.6 Å². The standard InChI is InChI=1S/C19H21ClN2O5/c20-15-2-1-14(8-16(15)22(25)26)21-17(23)9-27-19(24)18-12-4-10-3-11(6-12)7-13(18)5-10/h1-2,8,10-13,18H,3-7,9H2,(H,21,23). The van der Waals surface area contributed by atoms with E-state index in [1.54, 1.807) is 0 Å². The first-order valence-corrected chi connectivity index (χ1v) is 9.69. The van der Waals surface area contributed by atoms with Crippen LogP contribution < -0.4 is 5.32 Å². The van der Waals surface area contributed by atoms with Crippen LogP contribution in [0.2, 0.25) is 5.02 Å². The maximum Gasteiger partial charge on any atom is 0.310 e. The van der Waals surface area contributed by atoms with Crippen LogP contribution in [0.3, 0.4) is 0 Å². The number of carbonyl (C=O) groups excluding carboxylic acids is 2. The lowest BCUT2D eigenvalue weighted by Gasteiger charge is -2.53. The van der Waals surface area contributed by atoms with Crippen molar-refractivity contribution in [1.29, 1.82) is 0 Å². The summed E-state index contributed by atoms with van der Waals surface area (Å²) in [4.78, 5) is 34.9. The molecule has 0 aliphatic heterocycles. The number of ether oxygens (including phenoxy) is 1. The zero-order chi connectivity index (χ0) is 19.1. The van der Waals surface area contributed by atoms with E-state index >= 15 is 0 Å². The van der Waals surface area contributed by atoms with Crippen molar-refractivity contribution in [3.05, 3.63) is 33.3 Å². The molecule has 7 nitrogen and oxygen atoms in total. The van der Waals surface area contributed by atoms with Gasteiger partial charge in [-0.3, -0.25) is 19.7 Å². The van der Waals surface area contributed by atoms with Gasteiger partial charge in [-0.15, -0.1) is 0 Å². The van der Waals surface area contributed by atoms with Gasteiger partial charge in [0, 0.05) is 11.8 Å². The summed E-state index contributed by atoms with van der Waals surface area (Å²) >= 11 is 5.75. The Labute approximate surface area is 161 Å². The van der Waals surface area contributed by atoms with Crippen molar-refractivity contribution in [2.24, 2.45) is 29.6 Å². The van der Waals surface area contributed by atoms with Crippen LogP contribution in [-0.4, -0.2) is 23.4 Å². The number of esters is 1. The third-order valence-corrected chi connectivity index (χ3v) is 6.59. The summed E-state index contributed by atoms with van der Waals surface area (Å²) < 4.78 is 5.29. The molecular formula is C19H21ClN2O5. The van der Waals surface area contributed by atoms with E-state index in [2.05, 4.69) is 5.32 Å². The van der Waals surface area contributed by atoms with Gasteiger partial charge in [0.15, 0.2) is 6.61 Å². The van der Waals surface area contributed by atoms with Crippen LogP contribution in [0.1, 0.15) is 32.1 Å². The number of nitro benzene ring substituents is 1. The zero-order valence-corrected chi connectivity index (χ0v) is 15.5. The average molecular weight is 393 g/mol. The number of rotatable bonds is 5. The molecule has 0 radical (unpaired) electrons. The molecule has 4 saturated carbocycles. The van der Waals surface area contributed by atoms with E-state index in [-0.39, 0.29) is 28.3 Å². The maximum atomic E-state index is 12.6. The molecule has 1 aromatic carbocycles. The normalized spacial score (nSPS) is 30.8. The minimum absolute atomic E-state index is 0.00804. The number of halogens is 1. The van der Waals surface area contributed by atoms with Gasteiger partial charge in [-0.1, -0.05) is 11.6 Å². The van der Waals surface area contributed by atoms with Crippen molar-refractivity contribution in [3.63, 3.8) is 0 Å². The Bertz CT molecular complexity index is 768. The molecule has 5 rings (SSSR count). The quantitative estimate of drug-likeness (QED) is 0.466. The molecule has 4 fully saturated rings. The van der Waals surface area contributed by atoms with Gasteiger partial charge < -0.3 is 10.1 Å². The zero-order valence-electron chi connectivity index (χ0n) is 14.7. The number of nitrogens with one attached hydrogen (secondary N) is 1. The highest BCUT2D eigenvalue weighted by Crippen LogP contribution is 2.56. The molecule has 0 saturated heterocycles. The summed E-state index contributed by atoms with van der Waals surface area (Å²) in [7, 11) is 0. The highest BCUT2D eigenvalue weighted by Gasteiger charge is 2.51. The van der Waals surface area contributed by atoms with E-state index in [0.717, 1.165) is 37.5 Å². The second kappa shape index (κ2) is 7.11. The van der Waals surface area contributed by atoms with Gasteiger partial charge in [-0.05, 0) is 67.9 Å². The number of amides is 1. The molecule has 144 valence electrons.